The van der Waals surface area contributed by atoms with E-state index in [4.69, 9.17) is 4.74 Å². The van der Waals surface area contributed by atoms with Crippen LogP contribution in [0.25, 0.3) is 5.57 Å². The summed E-state index contributed by atoms with van der Waals surface area (Å²) in [5, 5.41) is 3.00. The summed E-state index contributed by atoms with van der Waals surface area (Å²) in [6, 6.07) is 3.79. The SMILES string of the molecule is C/N=C(/C)C(=C(C)C)c1ccc(NC(=O)CC2C3C=CC(F)=CC3OCC23CC3)cn1. The van der Waals surface area contributed by atoms with Crippen LogP contribution >= 0.6 is 0 Å². The number of aromatic nitrogens is 1. The first-order chi connectivity index (χ1) is 14.8. The highest BCUT2D eigenvalue weighted by atomic mass is 19.1. The first-order valence-corrected chi connectivity index (χ1v) is 10.9. The monoisotopic (exact) mass is 423 g/mol. The lowest BCUT2D eigenvalue weighted by Crippen LogP contribution is -2.44. The first kappa shape index (κ1) is 21.6. The average molecular weight is 424 g/mol. The number of pyridine rings is 1. The summed E-state index contributed by atoms with van der Waals surface area (Å²) < 4.78 is 19.6. The number of amides is 1. The zero-order valence-corrected chi connectivity index (χ0v) is 18.6. The molecule has 0 aromatic carbocycles. The molecule has 164 valence electrons. The highest BCUT2D eigenvalue weighted by Crippen LogP contribution is 2.59. The van der Waals surface area contributed by atoms with E-state index in [1.165, 1.54) is 12.2 Å². The second kappa shape index (κ2) is 8.50. The molecule has 1 aliphatic heterocycles. The van der Waals surface area contributed by atoms with Crippen LogP contribution in [0.4, 0.5) is 10.1 Å². The Morgan fingerprint density at radius 1 is 1.32 bits per heavy atom. The minimum Gasteiger partial charge on any atom is -0.373 e. The third-order valence-corrected chi connectivity index (χ3v) is 6.79. The molecule has 1 amide bonds. The van der Waals surface area contributed by atoms with Crippen molar-refractivity contribution in [3.05, 3.63) is 53.7 Å². The van der Waals surface area contributed by atoms with Crippen molar-refractivity contribution < 1.29 is 13.9 Å². The van der Waals surface area contributed by atoms with Crippen molar-refractivity contribution in [1.82, 2.24) is 4.98 Å². The molecule has 1 aromatic heterocycles. The highest BCUT2D eigenvalue weighted by molar-refractivity contribution is 6.22. The number of ether oxygens (including phenoxy) is 1. The van der Waals surface area contributed by atoms with Crippen molar-refractivity contribution in [2.24, 2.45) is 22.2 Å². The second-order valence-electron chi connectivity index (χ2n) is 9.10. The van der Waals surface area contributed by atoms with Crippen molar-refractivity contribution in [1.29, 1.82) is 0 Å². The molecule has 0 bridgehead atoms. The molecule has 3 unspecified atom stereocenters. The van der Waals surface area contributed by atoms with Crippen molar-refractivity contribution in [3.8, 4) is 0 Å². The molecule has 6 heteroatoms. The minimum absolute atomic E-state index is 0.0383. The van der Waals surface area contributed by atoms with Gasteiger partial charge in [0, 0.05) is 30.7 Å². The number of nitrogens with one attached hydrogen (secondary N) is 1. The summed E-state index contributed by atoms with van der Waals surface area (Å²) in [7, 11) is 1.77. The third-order valence-electron chi connectivity index (χ3n) is 6.79. The van der Waals surface area contributed by atoms with E-state index in [1.54, 1.807) is 13.2 Å². The van der Waals surface area contributed by atoms with Crippen LogP contribution in [0, 0.1) is 17.3 Å². The van der Waals surface area contributed by atoms with Gasteiger partial charge in [0.15, 0.2) is 0 Å². The van der Waals surface area contributed by atoms with E-state index in [0.29, 0.717) is 18.7 Å². The van der Waals surface area contributed by atoms with Crippen LogP contribution in [0.2, 0.25) is 0 Å². The predicted octanol–water partition coefficient (Wildman–Crippen LogP) is 5.13. The van der Waals surface area contributed by atoms with Gasteiger partial charge in [0.1, 0.15) is 5.83 Å². The summed E-state index contributed by atoms with van der Waals surface area (Å²) in [5.74, 6) is -0.108. The summed E-state index contributed by atoms with van der Waals surface area (Å²) in [6.45, 7) is 6.65. The summed E-state index contributed by atoms with van der Waals surface area (Å²) in [4.78, 5) is 21.7. The van der Waals surface area contributed by atoms with Gasteiger partial charge in [-0.05, 0) is 69.2 Å². The molecule has 1 saturated carbocycles. The van der Waals surface area contributed by atoms with Gasteiger partial charge in [0.2, 0.25) is 5.91 Å². The van der Waals surface area contributed by atoms with Crippen molar-refractivity contribution in [2.45, 2.75) is 46.1 Å². The molecule has 4 rings (SSSR count). The van der Waals surface area contributed by atoms with E-state index in [2.05, 4.69) is 15.3 Å². The average Bonchev–Trinajstić information content (AvgIpc) is 3.52. The van der Waals surface area contributed by atoms with Crippen molar-refractivity contribution in [3.63, 3.8) is 0 Å². The van der Waals surface area contributed by atoms with E-state index in [1.807, 2.05) is 39.0 Å². The first-order valence-electron chi connectivity index (χ1n) is 10.9. The molecule has 3 aliphatic rings. The molecule has 3 atom stereocenters. The second-order valence-corrected chi connectivity index (χ2v) is 9.10. The number of rotatable bonds is 5. The number of allylic oxidation sites excluding steroid dienone is 4. The van der Waals surface area contributed by atoms with E-state index in [0.717, 1.165) is 35.4 Å². The summed E-state index contributed by atoms with van der Waals surface area (Å²) in [5.41, 5.74) is 4.66. The summed E-state index contributed by atoms with van der Waals surface area (Å²) >= 11 is 0. The molecule has 2 aliphatic carbocycles. The number of aliphatic imine (C=N–C) groups is 1. The predicted molar refractivity (Wildman–Crippen MR) is 122 cm³/mol. The van der Waals surface area contributed by atoms with E-state index in [9.17, 15) is 9.18 Å². The lowest BCUT2D eigenvalue weighted by molar-refractivity contribution is -0.122. The lowest BCUT2D eigenvalue weighted by atomic mass is 9.71. The third kappa shape index (κ3) is 4.40. The Morgan fingerprint density at radius 3 is 2.71 bits per heavy atom. The number of fused-ring (bicyclic) bond motifs is 1. The lowest BCUT2D eigenvalue weighted by Gasteiger charge is -2.42. The van der Waals surface area contributed by atoms with Crippen LogP contribution in [-0.2, 0) is 9.53 Å². The molecular weight excluding hydrogens is 393 g/mol. The highest BCUT2D eigenvalue weighted by Gasteiger charge is 2.56. The number of anilines is 1. The van der Waals surface area contributed by atoms with E-state index >= 15 is 0 Å². The maximum atomic E-state index is 13.6. The fourth-order valence-electron chi connectivity index (χ4n) is 4.91. The van der Waals surface area contributed by atoms with Crippen LogP contribution in [0.5, 0.6) is 0 Å². The fraction of sp³-hybridized carbons (Fsp3) is 0.480. The molecule has 1 N–H and O–H groups in total. The summed E-state index contributed by atoms with van der Waals surface area (Å²) in [6.07, 6.45) is 8.86. The minimum atomic E-state index is -0.277. The molecular formula is C25H30FN3O2. The van der Waals surface area contributed by atoms with Gasteiger partial charge in [-0.15, -0.1) is 0 Å². The standard InChI is InChI=1S/C25H30FN3O2/c1-15(2)24(16(3)27-4)21-8-6-18(13-28-21)29-23(30)12-20-19-7-5-17(26)11-22(19)31-14-25(20)9-10-25/h5-8,11,13,19-20,22H,9-10,12,14H2,1-4H3,(H,29,30)/b27-16-. The number of hydrogen-bond donors (Lipinski definition) is 1. The van der Waals surface area contributed by atoms with Crippen molar-refractivity contribution >= 4 is 22.9 Å². The van der Waals surface area contributed by atoms with Gasteiger partial charge in [0.05, 0.1) is 30.3 Å². The van der Waals surface area contributed by atoms with E-state index in [-0.39, 0.29) is 35.1 Å². The molecule has 5 nitrogen and oxygen atoms in total. The molecule has 1 saturated heterocycles. The van der Waals surface area contributed by atoms with Gasteiger partial charge in [-0.1, -0.05) is 11.6 Å². The molecule has 0 radical (unpaired) electrons. The smallest absolute Gasteiger partial charge is 0.224 e. The fourth-order valence-corrected chi connectivity index (χ4v) is 4.91. The Bertz CT molecular complexity index is 983. The zero-order valence-electron chi connectivity index (χ0n) is 18.6. The number of hydrogen-bond acceptors (Lipinski definition) is 4. The molecule has 1 aromatic rings. The van der Waals surface area contributed by atoms with Gasteiger partial charge in [-0.25, -0.2) is 4.39 Å². The molecule has 2 heterocycles. The maximum absolute atomic E-state index is 13.6. The largest absolute Gasteiger partial charge is 0.373 e. The Hall–Kier alpha value is -2.60. The number of carbonyl (C=O) groups excluding carboxylic acids is 1. The van der Waals surface area contributed by atoms with Crippen LogP contribution in [0.3, 0.4) is 0 Å². The van der Waals surface area contributed by atoms with Crippen LogP contribution in [-0.4, -0.2) is 36.4 Å². The van der Waals surface area contributed by atoms with Crippen LogP contribution in [0.15, 0.2) is 53.0 Å². The maximum Gasteiger partial charge on any atom is 0.224 e. The van der Waals surface area contributed by atoms with Gasteiger partial charge < -0.3 is 10.1 Å². The molecule has 1 spiro atoms. The van der Waals surface area contributed by atoms with Crippen molar-refractivity contribution in [2.75, 3.05) is 19.0 Å². The quantitative estimate of drug-likeness (QED) is 0.668. The number of halogens is 1. The van der Waals surface area contributed by atoms with Gasteiger partial charge in [-0.3, -0.25) is 14.8 Å². The zero-order chi connectivity index (χ0) is 22.2. The van der Waals surface area contributed by atoms with Crippen LogP contribution < -0.4 is 5.32 Å². The van der Waals surface area contributed by atoms with Gasteiger partial charge in [0.25, 0.3) is 0 Å². The Morgan fingerprint density at radius 2 is 2.10 bits per heavy atom. The Labute approximate surface area is 183 Å². The normalized spacial score (nSPS) is 26.2. The molecule has 31 heavy (non-hydrogen) atoms. The van der Waals surface area contributed by atoms with E-state index < -0.39 is 0 Å². The number of nitrogens with zero attached hydrogens (tertiary/aromatic N) is 2. The Balaban J connectivity index is 1.45. The molecule has 2 fully saturated rings. The van der Waals surface area contributed by atoms with Gasteiger partial charge in [-0.2, -0.15) is 0 Å². The van der Waals surface area contributed by atoms with Gasteiger partial charge >= 0.3 is 0 Å². The van der Waals surface area contributed by atoms with Crippen LogP contribution in [0.1, 0.15) is 45.7 Å². The number of carbonyl (C=O) groups is 1. The Kier molecular flexibility index (Phi) is 5.93. The topological polar surface area (TPSA) is 63.6 Å².